The number of rotatable bonds is 7. The van der Waals surface area contributed by atoms with E-state index in [4.69, 9.17) is 16.3 Å². The van der Waals surface area contributed by atoms with Crippen LogP contribution in [0.1, 0.15) is 5.56 Å². The third-order valence-corrected chi connectivity index (χ3v) is 4.77. The molecule has 0 saturated carbocycles. The number of methoxy groups -OCH3 is 1. The zero-order chi connectivity index (χ0) is 17.7. The van der Waals surface area contributed by atoms with Gasteiger partial charge < -0.3 is 9.47 Å². The van der Waals surface area contributed by atoms with Gasteiger partial charge in [-0.3, -0.25) is 0 Å². The van der Waals surface area contributed by atoms with Crippen LogP contribution < -0.4 is 14.2 Å². The maximum atomic E-state index is 12.3. The van der Waals surface area contributed by atoms with Crippen LogP contribution in [0.2, 0.25) is 5.02 Å². The monoisotopic (exact) mass is 377 g/mol. The first-order chi connectivity index (χ1) is 11.3. The number of sulfonamides is 1. The zero-order valence-corrected chi connectivity index (χ0v) is 14.1. The van der Waals surface area contributed by atoms with Gasteiger partial charge in [0, 0.05) is 12.1 Å². The summed E-state index contributed by atoms with van der Waals surface area (Å²) >= 11 is 5.77. The molecule has 0 atom stereocenters. The van der Waals surface area contributed by atoms with Crippen LogP contribution in [-0.2, 0) is 16.6 Å². The molecule has 0 amide bonds. The van der Waals surface area contributed by atoms with Crippen LogP contribution in [0.4, 0.5) is 8.78 Å². The molecule has 0 aromatic heterocycles. The molecule has 2 rings (SSSR count). The third-order valence-electron chi connectivity index (χ3n) is 3.07. The average Bonchev–Trinajstić information content (AvgIpc) is 2.54. The smallest absolute Gasteiger partial charge is 0.387 e. The molecule has 0 aliphatic rings. The minimum Gasteiger partial charge on any atom is -0.496 e. The molecule has 5 nitrogen and oxygen atoms in total. The number of hydrogen-bond donors (Lipinski definition) is 1. The molecule has 0 spiro atoms. The molecule has 130 valence electrons. The van der Waals surface area contributed by atoms with E-state index >= 15 is 0 Å². The second-order valence-corrected chi connectivity index (χ2v) is 6.78. The summed E-state index contributed by atoms with van der Waals surface area (Å²) in [4.78, 5) is -0.163. The summed E-state index contributed by atoms with van der Waals surface area (Å²) in [6.45, 7) is -3.05. The van der Waals surface area contributed by atoms with Gasteiger partial charge in [0.2, 0.25) is 10.0 Å². The first-order valence-electron chi connectivity index (χ1n) is 6.69. The quantitative estimate of drug-likeness (QED) is 0.803. The van der Waals surface area contributed by atoms with Gasteiger partial charge in [0.15, 0.2) is 0 Å². The molecule has 0 aliphatic heterocycles. The minimum absolute atomic E-state index is 0.000743. The van der Waals surface area contributed by atoms with E-state index in [0.717, 1.165) is 18.2 Å². The van der Waals surface area contributed by atoms with Crippen LogP contribution in [0, 0.1) is 0 Å². The molecule has 0 aliphatic carbocycles. The van der Waals surface area contributed by atoms with E-state index in [9.17, 15) is 17.2 Å². The molecule has 0 saturated heterocycles. The summed E-state index contributed by atoms with van der Waals surface area (Å²) in [6, 6.07) is 10.2. The Kier molecular flexibility index (Phi) is 5.98. The lowest BCUT2D eigenvalue weighted by atomic mass is 10.2. The second-order valence-electron chi connectivity index (χ2n) is 4.61. The molecule has 1 N–H and O–H groups in total. The van der Waals surface area contributed by atoms with E-state index in [1.807, 2.05) is 0 Å². The van der Waals surface area contributed by atoms with Crippen molar-refractivity contribution in [3.8, 4) is 11.5 Å². The predicted octanol–water partition coefficient (Wildman–Crippen LogP) is 3.43. The van der Waals surface area contributed by atoms with Gasteiger partial charge in [-0.05, 0) is 24.3 Å². The van der Waals surface area contributed by atoms with Gasteiger partial charge in [-0.15, -0.1) is 0 Å². The molecular weight excluding hydrogens is 364 g/mol. The van der Waals surface area contributed by atoms with Crippen LogP contribution in [0.3, 0.4) is 0 Å². The molecule has 0 bridgehead atoms. The van der Waals surface area contributed by atoms with Crippen molar-refractivity contribution in [2.75, 3.05) is 7.11 Å². The second kappa shape index (κ2) is 7.78. The maximum Gasteiger partial charge on any atom is 0.387 e. The fourth-order valence-corrected chi connectivity index (χ4v) is 3.27. The number of alkyl halides is 2. The summed E-state index contributed by atoms with van der Waals surface area (Å²) in [7, 11) is -2.40. The van der Waals surface area contributed by atoms with Crippen LogP contribution in [0.25, 0.3) is 0 Å². The van der Waals surface area contributed by atoms with Gasteiger partial charge in [0.25, 0.3) is 0 Å². The lowest BCUT2D eigenvalue weighted by molar-refractivity contribution is -0.0498. The fourth-order valence-electron chi connectivity index (χ4n) is 1.95. The van der Waals surface area contributed by atoms with Crippen molar-refractivity contribution in [2.24, 2.45) is 0 Å². The number of benzene rings is 2. The molecule has 0 fully saturated rings. The number of hydrogen-bond acceptors (Lipinski definition) is 4. The number of halogens is 3. The van der Waals surface area contributed by atoms with Crippen molar-refractivity contribution in [3.05, 3.63) is 53.1 Å². The highest BCUT2D eigenvalue weighted by Gasteiger charge is 2.18. The van der Waals surface area contributed by atoms with Gasteiger partial charge in [-0.25, -0.2) is 13.1 Å². The number of nitrogens with one attached hydrogen (secondary N) is 1. The van der Waals surface area contributed by atoms with E-state index in [0.29, 0.717) is 11.3 Å². The Bertz CT molecular complexity index is 815. The third kappa shape index (κ3) is 4.56. The van der Waals surface area contributed by atoms with Crippen LogP contribution in [-0.4, -0.2) is 22.1 Å². The standard InChI is InChI=1S/C15H14ClF2NO4S/c1-22-13-5-3-2-4-10(13)9-19-24(20,21)11-6-7-14(12(16)8-11)23-15(17)18/h2-8,15,19H,9H2,1H3. The van der Waals surface area contributed by atoms with E-state index in [1.54, 1.807) is 24.3 Å². The molecule has 9 heteroatoms. The molecule has 24 heavy (non-hydrogen) atoms. The Morgan fingerprint density at radius 2 is 1.88 bits per heavy atom. The van der Waals surface area contributed by atoms with Gasteiger partial charge in [0.1, 0.15) is 11.5 Å². The zero-order valence-electron chi connectivity index (χ0n) is 12.5. The van der Waals surface area contributed by atoms with E-state index in [2.05, 4.69) is 9.46 Å². The van der Waals surface area contributed by atoms with E-state index in [-0.39, 0.29) is 22.2 Å². The van der Waals surface area contributed by atoms with Gasteiger partial charge in [-0.2, -0.15) is 8.78 Å². The van der Waals surface area contributed by atoms with Crippen LogP contribution in [0.15, 0.2) is 47.4 Å². The highest BCUT2D eigenvalue weighted by Crippen LogP contribution is 2.28. The highest BCUT2D eigenvalue weighted by molar-refractivity contribution is 7.89. The first-order valence-corrected chi connectivity index (χ1v) is 8.55. The SMILES string of the molecule is COc1ccccc1CNS(=O)(=O)c1ccc(OC(F)F)c(Cl)c1. The van der Waals surface area contributed by atoms with Crippen molar-refractivity contribution in [1.82, 2.24) is 4.72 Å². The van der Waals surface area contributed by atoms with Crippen LogP contribution >= 0.6 is 11.6 Å². The Labute approximate surface area is 143 Å². The summed E-state index contributed by atoms with van der Waals surface area (Å²) in [5, 5.41) is -0.226. The molecular formula is C15H14ClF2NO4S. The summed E-state index contributed by atoms with van der Waals surface area (Å²) in [5.41, 5.74) is 0.646. The van der Waals surface area contributed by atoms with Gasteiger partial charge in [-0.1, -0.05) is 29.8 Å². The largest absolute Gasteiger partial charge is 0.496 e. The van der Waals surface area contributed by atoms with E-state index in [1.165, 1.54) is 7.11 Å². The van der Waals surface area contributed by atoms with E-state index < -0.39 is 16.6 Å². The topological polar surface area (TPSA) is 64.6 Å². The van der Waals surface area contributed by atoms with Gasteiger partial charge in [0.05, 0.1) is 17.0 Å². The lowest BCUT2D eigenvalue weighted by Crippen LogP contribution is -2.23. The average molecular weight is 378 g/mol. The maximum absolute atomic E-state index is 12.3. The number of ether oxygens (including phenoxy) is 2. The van der Waals surface area contributed by atoms with Gasteiger partial charge >= 0.3 is 6.61 Å². The van der Waals surface area contributed by atoms with Crippen LogP contribution in [0.5, 0.6) is 11.5 Å². The Morgan fingerprint density at radius 3 is 2.50 bits per heavy atom. The Morgan fingerprint density at radius 1 is 1.17 bits per heavy atom. The highest BCUT2D eigenvalue weighted by atomic mass is 35.5. The van der Waals surface area contributed by atoms with Crippen molar-refractivity contribution in [1.29, 1.82) is 0 Å². The lowest BCUT2D eigenvalue weighted by Gasteiger charge is -2.11. The molecule has 0 heterocycles. The normalized spacial score (nSPS) is 11.5. The summed E-state index contributed by atoms with van der Waals surface area (Å²) < 4.78 is 60.7. The molecule has 2 aromatic rings. The van der Waals surface area contributed by atoms with Crippen molar-refractivity contribution in [2.45, 2.75) is 18.1 Å². The number of para-hydroxylation sites is 1. The minimum atomic E-state index is -3.88. The fraction of sp³-hybridized carbons (Fsp3) is 0.200. The Hall–Kier alpha value is -1.90. The molecule has 0 unspecified atom stereocenters. The van der Waals surface area contributed by atoms with Crippen molar-refractivity contribution < 1.29 is 26.7 Å². The van der Waals surface area contributed by atoms with Crippen molar-refractivity contribution in [3.63, 3.8) is 0 Å². The molecule has 2 aromatic carbocycles. The first kappa shape index (κ1) is 18.4. The Balaban J connectivity index is 2.17. The van der Waals surface area contributed by atoms with Crippen molar-refractivity contribution >= 4 is 21.6 Å². The predicted molar refractivity (Wildman–Crippen MR) is 85.1 cm³/mol. The molecule has 0 radical (unpaired) electrons. The summed E-state index contributed by atoms with van der Waals surface area (Å²) in [5.74, 6) is 0.245. The summed E-state index contributed by atoms with van der Waals surface area (Å²) in [6.07, 6.45) is 0.